The Morgan fingerprint density at radius 2 is 2.00 bits per heavy atom. The van der Waals surface area contributed by atoms with E-state index in [1.54, 1.807) is 0 Å². The maximum absolute atomic E-state index is 13.2. The lowest BCUT2D eigenvalue weighted by Crippen LogP contribution is -2.19. The first-order chi connectivity index (χ1) is 14.7. The molecule has 2 aromatic carbocycles. The van der Waals surface area contributed by atoms with Crippen LogP contribution < -0.4 is 10.6 Å². The van der Waals surface area contributed by atoms with Gasteiger partial charge in [-0.15, -0.1) is 10.2 Å². The van der Waals surface area contributed by atoms with Gasteiger partial charge in [-0.2, -0.15) is 0 Å². The fraction of sp³-hybridized carbons (Fsp3) is 0.286. The summed E-state index contributed by atoms with van der Waals surface area (Å²) in [6, 6.07) is 15.2. The first-order valence-electron chi connectivity index (χ1n) is 9.64. The summed E-state index contributed by atoms with van der Waals surface area (Å²) in [4.78, 5) is 13.0. The van der Waals surface area contributed by atoms with Crippen molar-refractivity contribution < 1.29 is 13.9 Å². The van der Waals surface area contributed by atoms with Gasteiger partial charge in [0.25, 0.3) is 0 Å². The van der Waals surface area contributed by atoms with E-state index in [1.165, 1.54) is 47.4 Å². The number of rotatable bonds is 8. The number of amides is 1. The highest BCUT2D eigenvalue weighted by Crippen LogP contribution is 2.38. The molecule has 0 saturated carbocycles. The highest BCUT2D eigenvalue weighted by atomic mass is 32.2. The van der Waals surface area contributed by atoms with Gasteiger partial charge in [-0.25, -0.2) is 4.39 Å². The zero-order valence-corrected chi connectivity index (χ0v) is 17.7. The summed E-state index contributed by atoms with van der Waals surface area (Å²) >= 11 is 2.75. The molecule has 2 unspecified atom stereocenters. The zero-order chi connectivity index (χ0) is 20.8. The Balaban J connectivity index is 1.45. The highest BCUT2D eigenvalue weighted by Gasteiger charge is 2.24. The third kappa shape index (κ3) is 5.56. The van der Waals surface area contributed by atoms with Crippen molar-refractivity contribution in [2.75, 3.05) is 23.8 Å². The lowest BCUT2D eigenvalue weighted by atomic mass is 10.1. The summed E-state index contributed by atoms with van der Waals surface area (Å²) in [5.41, 5.74) is 1.39. The first-order valence-corrected chi connectivity index (χ1v) is 11.3. The van der Waals surface area contributed by atoms with E-state index in [9.17, 15) is 9.18 Å². The van der Waals surface area contributed by atoms with Crippen LogP contribution in [0.2, 0.25) is 0 Å². The van der Waals surface area contributed by atoms with Gasteiger partial charge < -0.3 is 15.4 Å². The number of ether oxygens (including phenoxy) is 1. The standard InChI is InChI=1S/C21H21FN4O2S2/c22-15-8-10-16(11-9-15)24-19(27)18(14-5-2-1-3-6-14)29-21-26-25-20(30-21)23-13-17-7-4-12-28-17/h1-3,5-6,8-11,17-18H,4,7,12-13H2,(H,23,25)(H,24,27). The molecule has 1 aliphatic heterocycles. The average Bonchev–Trinajstić information content (AvgIpc) is 3.44. The molecule has 2 heterocycles. The van der Waals surface area contributed by atoms with Gasteiger partial charge >= 0.3 is 0 Å². The van der Waals surface area contributed by atoms with E-state index in [0.29, 0.717) is 21.7 Å². The first kappa shape index (κ1) is 20.8. The largest absolute Gasteiger partial charge is 0.376 e. The second kappa shape index (κ2) is 10.0. The topological polar surface area (TPSA) is 76.1 Å². The summed E-state index contributed by atoms with van der Waals surface area (Å²) in [7, 11) is 0. The summed E-state index contributed by atoms with van der Waals surface area (Å²) < 4.78 is 19.5. The van der Waals surface area contributed by atoms with Gasteiger partial charge in [-0.1, -0.05) is 53.4 Å². The molecule has 3 aromatic rings. The number of thioether (sulfide) groups is 1. The molecule has 1 aliphatic rings. The Kier molecular flexibility index (Phi) is 6.93. The Morgan fingerprint density at radius 3 is 2.73 bits per heavy atom. The predicted molar refractivity (Wildman–Crippen MR) is 117 cm³/mol. The number of carbonyl (C=O) groups is 1. The number of carbonyl (C=O) groups excluding carboxylic acids is 1. The van der Waals surface area contributed by atoms with Crippen LogP contribution >= 0.6 is 23.1 Å². The van der Waals surface area contributed by atoms with Crippen molar-refractivity contribution in [1.82, 2.24) is 10.2 Å². The molecule has 30 heavy (non-hydrogen) atoms. The van der Waals surface area contributed by atoms with E-state index >= 15 is 0 Å². The third-order valence-corrected chi connectivity index (χ3v) is 6.80. The van der Waals surface area contributed by atoms with Gasteiger partial charge in [0, 0.05) is 18.8 Å². The fourth-order valence-electron chi connectivity index (χ4n) is 3.08. The number of hydrogen-bond donors (Lipinski definition) is 2. The van der Waals surface area contributed by atoms with Crippen LogP contribution in [0.25, 0.3) is 0 Å². The molecular weight excluding hydrogens is 423 g/mol. The number of benzene rings is 2. The second-order valence-corrected chi connectivity index (χ2v) is 9.12. The number of nitrogens with one attached hydrogen (secondary N) is 2. The van der Waals surface area contributed by atoms with Crippen LogP contribution in [0, 0.1) is 5.82 Å². The Morgan fingerprint density at radius 1 is 1.20 bits per heavy atom. The number of hydrogen-bond acceptors (Lipinski definition) is 7. The van der Waals surface area contributed by atoms with Crippen molar-refractivity contribution in [3.05, 3.63) is 66.0 Å². The molecule has 0 spiro atoms. The van der Waals surface area contributed by atoms with Gasteiger partial charge in [0.2, 0.25) is 11.0 Å². The second-order valence-electron chi connectivity index (χ2n) is 6.79. The molecule has 6 nitrogen and oxygen atoms in total. The smallest absolute Gasteiger partial charge is 0.242 e. The van der Waals surface area contributed by atoms with Crippen LogP contribution in [0.3, 0.4) is 0 Å². The van der Waals surface area contributed by atoms with Crippen molar-refractivity contribution in [2.45, 2.75) is 28.5 Å². The van der Waals surface area contributed by atoms with E-state index in [0.717, 1.165) is 25.0 Å². The molecule has 1 fully saturated rings. The average molecular weight is 445 g/mol. The predicted octanol–water partition coefficient (Wildman–Crippen LogP) is 4.74. The molecule has 156 valence electrons. The summed E-state index contributed by atoms with van der Waals surface area (Å²) in [6.07, 6.45) is 2.35. The molecule has 9 heteroatoms. The molecule has 1 saturated heterocycles. The lowest BCUT2D eigenvalue weighted by molar-refractivity contribution is -0.115. The molecule has 1 aromatic heterocycles. The Hall–Kier alpha value is -2.49. The van der Waals surface area contributed by atoms with E-state index in [1.807, 2.05) is 30.3 Å². The van der Waals surface area contributed by atoms with E-state index in [2.05, 4.69) is 20.8 Å². The van der Waals surface area contributed by atoms with Gasteiger partial charge in [-0.3, -0.25) is 4.79 Å². The van der Waals surface area contributed by atoms with Crippen LogP contribution in [0.15, 0.2) is 58.9 Å². The van der Waals surface area contributed by atoms with Gasteiger partial charge in [0.05, 0.1) is 6.10 Å². The minimum Gasteiger partial charge on any atom is -0.376 e. The molecule has 0 aliphatic carbocycles. The molecular formula is C21H21FN4O2S2. The van der Waals surface area contributed by atoms with Crippen molar-refractivity contribution in [3.63, 3.8) is 0 Å². The van der Waals surface area contributed by atoms with E-state index < -0.39 is 5.25 Å². The Labute approximate surface area is 182 Å². The zero-order valence-electron chi connectivity index (χ0n) is 16.1. The van der Waals surface area contributed by atoms with Gasteiger partial charge in [-0.05, 0) is 42.7 Å². The normalized spacial score (nSPS) is 16.9. The Bertz CT molecular complexity index is 963. The molecule has 2 N–H and O–H groups in total. The number of anilines is 2. The van der Waals surface area contributed by atoms with Crippen LogP contribution in [0.5, 0.6) is 0 Å². The molecule has 0 radical (unpaired) electrons. The third-order valence-electron chi connectivity index (χ3n) is 4.58. The summed E-state index contributed by atoms with van der Waals surface area (Å²) in [5.74, 6) is -0.555. The van der Waals surface area contributed by atoms with Crippen LogP contribution in [-0.2, 0) is 9.53 Å². The number of halogens is 1. The van der Waals surface area contributed by atoms with Crippen LogP contribution in [0.4, 0.5) is 15.2 Å². The van der Waals surface area contributed by atoms with E-state index in [4.69, 9.17) is 4.74 Å². The molecule has 2 atom stereocenters. The molecule has 0 bridgehead atoms. The van der Waals surface area contributed by atoms with Crippen LogP contribution in [-0.4, -0.2) is 35.4 Å². The maximum atomic E-state index is 13.2. The van der Waals surface area contributed by atoms with Crippen LogP contribution in [0.1, 0.15) is 23.7 Å². The number of aromatic nitrogens is 2. The van der Waals surface area contributed by atoms with Crippen molar-refractivity contribution in [2.24, 2.45) is 0 Å². The molecule has 4 rings (SSSR count). The van der Waals surface area contributed by atoms with Crippen molar-refractivity contribution in [1.29, 1.82) is 0 Å². The SMILES string of the molecule is O=C(Nc1ccc(F)cc1)C(Sc1nnc(NCC2CCCO2)s1)c1ccccc1. The summed E-state index contributed by atoms with van der Waals surface area (Å²) in [6.45, 7) is 1.51. The quantitative estimate of drug-likeness (QED) is 0.489. The minimum absolute atomic E-state index is 0.207. The summed E-state index contributed by atoms with van der Waals surface area (Å²) in [5, 5.41) is 14.7. The number of nitrogens with zero attached hydrogens (tertiary/aromatic N) is 2. The van der Waals surface area contributed by atoms with Gasteiger partial charge in [0.1, 0.15) is 11.1 Å². The highest BCUT2D eigenvalue weighted by molar-refractivity contribution is 8.02. The van der Waals surface area contributed by atoms with Gasteiger partial charge in [0.15, 0.2) is 4.34 Å². The monoisotopic (exact) mass is 444 g/mol. The van der Waals surface area contributed by atoms with Crippen molar-refractivity contribution >= 4 is 39.8 Å². The van der Waals surface area contributed by atoms with E-state index in [-0.39, 0.29) is 17.8 Å². The minimum atomic E-state index is -0.518. The van der Waals surface area contributed by atoms with Crippen molar-refractivity contribution in [3.8, 4) is 0 Å². The fourth-order valence-corrected chi connectivity index (χ4v) is 5.03. The lowest BCUT2D eigenvalue weighted by Gasteiger charge is -2.15. The molecule has 1 amide bonds. The maximum Gasteiger partial charge on any atom is 0.242 e.